The number of hydrogen-bond donors (Lipinski definition) is 1. The Labute approximate surface area is 153 Å². The molecule has 1 amide bonds. The molecule has 1 N–H and O–H groups in total. The maximum atomic E-state index is 12.1. The van der Waals surface area contributed by atoms with E-state index in [2.05, 4.69) is 10.3 Å². The van der Waals surface area contributed by atoms with Gasteiger partial charge in [0, 0.05) is 13.1 Å². The molecule has 1 aliphatic heterocycles. The second-order valence-electron chi connectivity index (χ2n) is 5.50. The molecular formula is C17H17N3O5S. The third kappa shape index (κ3) is 4.50. The molecule has 9 heteroatoms. The molecular weight excluding hydrogens is 358 g/mol. The Kier molecular flexibility index (Phi) is 5.69. The number of nitrogens with zero attached hydrogens (tertiary/aromatic N) is 2. The number of nitrogens with one attached hydrogen (secondary N) is 1. The highest BCUT2D eigenvalue weighted by atomic mass is 32.2. The summed E-state index contributed by atoms with van der Waals surface area (Å²) in [6, 6.07) is 10.2. The molecule has 0 bridgehead atoms. The van der Waals surface area contributed by atoms with E-state index >= 15 is 0 Å². The number of ether oxygens (including phenoxy) is 2. The third-order valence-corrected chi connectivity index (χ3v) is 4.79. The third-order valence-electron chi connectivity index (χ3n) is 3.54. The predicted molar refractivity (Wildman–Crippen MR) is 95.9 cm³/mol. The van der Waals surface area contributed by atoms with Crippen molar-refractivity contribution in [3.8, 4) is 0 Å². The molecule has 0 spiro atoms. The highest BCUT2D eigenvalue weighted by Gasteiger charge is 2.29. The summed E-state index contributed by atoms with van der Waals surface area (Å²) < 4.78 is 12.3. The summed E-state index contributed by atoms with van der Waals surface area (Å²) in [5.41, 5.74) is -0.380. The second-order valence-corrected chi connectivity index (χ2v) is 6.84. The highest BCUT2D eigenvalue weighted by Crippen LogP contribution is 2.34. The molecule has 3 rings (SSSR count). The van der Waals surface area contributed by atoms with E-state index < -0.39 is 11.7 Å². The van der Waals surface area contributed by atoms with Crippen LogP contribution in [0.15, 0.2) is 47.4 Å². The molecule has 1 saturated heterocycles. The van der Waals surface area contributed by atoms with Crippen molar-refractivity contribution in [2.45, 2.75) is 17.7 Å². The predicted octanol–water partition coefficient (Wildman–Crippen LogP) is 1.65. The molecule has 0 radical (unpaired) electrons. The Bertz CT molecular complexity index is 855. The number of esters is 1. The molecule has 2 heterocycles. The molecule has 1 fully saturated rings. The lowest BCUT2D eigenvalue weighted by atomic mass is 10.2. The van der Waals surface area contributed by atoms with Crippen molar-refractivity contribution in [1.82, 2.24) is 9.55 Å². The molecule has 0 unspecified atom stereocenters. The first-order chi connectivity index (χ1) is 12.5. The Morgan fingerprint density at radius 1 is 1.35 bits per heavy atom. The van der Waals surface area contributed by atoms with Crippen LogP contribution in [-0.2, 0) is 14.3 Å². The van der Waals surface area contributed by atoms with Crippen LogP contribution in [0.2, 0.25) is 0 Å². The van der Waals surface area contributed by atoms with Crippen molar-refractivity contribution in [3.05, 3.63) is 58.6 Å². The van der Waals surface area contributed by atoms with Gasteiger partial charge in [0.05, 0.1) is 12.2 Å². The van der Waals surface area contributed by atoms with Crippen molar-refractivity contribution in [2.75, 3.05) is 18.5 Å². The number of carbonyl (C=O) groups is 2. The SMILES string of the molecule is CC(=O)Nc1ccn([C@H]2CO[C@@H](COC(=O)c3ccccc3)S2)c(=O)n1. The Morgan fingerprint density at radius 2 is 2.12 bits per heavy atom. The summed E-state index contributed by atoms with van der Waals surface area (Å²) in [5, 5.41) is 2.19. The van der Waals surface area contributed by atoms with Gasteiger partial charge in [0.1, 0.15) is 23.2 Å². The van der Waals surface area contributed by atoms with Crippen LogP contribution >= 0.6 is 11.8 Å². The number of hydrogen-bond acceptors (Lipinski definition) is 7. The largest absolute Gasteiger partial charge is 0.458 e. The number of anilines is 1. The van der Waals surface area contributed by atoms with Gasteiger partial charge < -0.3 is 14.8 Å². The molecule has 1 aliphatic rings. The Balaban J connectivity index is 1.56. The van der Waals surface area contributed by atoms with E-state index in [1.54, 1.807) is 36.5 Å². The minimum absolute atomic E-state index is 0.0844. The molecule has 8 nitrogen and oxygen atoms in total. The Hall–Kier alpha value is -2.65. The fourth-order valence-corrected chi connectivity index (χ4v) is 3.46. The lowest BCUT2D eigenvalue weighted by molar-refractivity contribution is -0.114. The van der Waals surface area contributed by atoms with Gasteiger partial charge in [-0.3, -0.25) is 9.36 Å². The summed E-state index contributed by atoms with van der Waals surface area (Å²) in [4.78, 5) is 38.9. The molecule has 2 atom stereocenters. The van der Waals surface area contributed by atoms with Crippen LogP contribution in [0.1, 0.15) is 22.7 Å². The summed E-state index contributed by atoms with van der Waals surface area (Å²) in [6.45, 7) is 1.72. The molecule has 26 heavy (non-hydrogen) atoms. The normalized spacial score (nSPS) is 19.1. The number of amides is 1. The second kappa shape index (κ2) is 8.15. The van der Waals surface area contributed by atoms with Crippen molar-refractivity contribution in [3.63, 3.8) is 0 Å². The fourth-order valence-electron chi connectivity index (χ4n) is 2.36. The van der Waals surface area contributed by atoms with E-state index in [4.69, 9.17) is 9.47 Å². The maximum Gasteiger partial charge on any atom is 0.350 e. The van der Waals surface area contributed by atoms with Gasteiger partial charge in [0.2, 0.25) is 5.91 Å². The van der Waals surface area contributed by atoms with E-state index in [-0.39, 0.29) is 29.1 Å². The van der Waals surface area contributed by atoms with E-state index in [1.807, 2.05) is 6.07 Å². The molecule has 2 aromatic rings. The summed E-state index contributed by atoms with van der Waals surface area (Å²) in [7, 11) is 0. The van der Waals surface area contributed by atoms with Crippen LogP contribution in [0.4, 0.5) is 5.82 Å². The molecule has 1 aromatic carbocycles. The summed E-state index contributed by atoms with van der Waals surface area (Å²) >= 11 is 1.37. The smallest absolute Gasteiger partial charge is 0.350 e. The highest BCUT2D eigenvalue weighted by molar-refractivity contribution is 8.00. The van der Waals surface area contributed by atoms with Crippen LogP contribution in [0.5, 0.6) is 0 Å². The van der Waals surface area contributed by atoms with Crippen molar-refractivity contribution < 1.29 is 19.1 Å². The van der Waals surface area contributed by atoms with Gasteiger partial charge >= 0.3 is 11.7 Å². The number of rotatable bonds is 5. The minimum Gasteiger partial charge on any atom is -0.458 e. The van der Waals surface area contributed by atoms with Crippen molar-refractivity contribution >= 4 is 29.5 Å². The average Bonchev–Trinajstić information content (AvgIpc) is 3.08. The monoisotopic (exact) mass is 375 g/mol. The van der Waals surface area contributed by atoms with Crippen LogP contribution in [0, 0.1) is 0 Å². The first-order valence-electron chi connectivity index (χ1n) is 7.89. The van der Waals surface area contributed by atoms with Gasteiger partial charge in [-0.15, -0.1) is 0 Å². The lowest BCUT2D eigenvalue weighted by Crippen LogP contribution is -2.27. The number of carbonyl (C=O) groups excluding carboxylic acids is 2. The van der Waals surface area contributed by atoms with E-state index in [9.17, 15) is 14.4 Å². The maximum absolute atomic E-state index is 12.1. The number of aromatic nitrogens is 2. The zero-order valence-electron chi connectivity index (χ0n) is 14.0. The summed E-state index contributed by atoms with van der Waals surface area (Å²) in [6.07, 6.45) is 1.56. The van der Waals surface area contributed by atoms with Crippen LogP contribution in [0.3, 0.4) is 0 Å². The van der Waals surface area contributed by atoms with Gasteiger partial charge in [-0.05, 0) is 18.2 Å². The van der Waals surface area contributed by atoms with Crippen molar-refractivity contribution in [1.29, 1.82) is 0 Å². The van der Waals surface area contributed by atoms with Crippen LogP contribution in [0.25, 0.3) is 0 Å². The van der Waals surface area contributed by atoms with Crippen LogP contribution in [-0.4, -0.2) is 40.1 Å². The quantitative estimate of drug-likeness (QED) is 0.793. The van der Waals surface area contributed by atoms with Crippen molar-refractivity contribution in [2.24, 2.45) is 0 Å². The zero-order chi connectivity index (χ0) is 18.5. The molecule has 1 aromatic heterocycles. The average molecular weight is 375 g/mol. The minimum atomic E-state index is -0.487. The van der Waals surface area contributed by atoms with Gasteiger partial charge in [-0.1, -0.05) is 30.0 Å². The molecule has 0 saturated carbocycles. The topological polar surface area (TPSA) is 99.5 Å². The number of thioether (sulfide) groups is 1. The number of benzene rings is 1. The van der Waals surface area contributed by atoms with Crippen LogP contribution < -0.4 is 11.0 Å². The standard InChI is InChI=1S/C17H17N3O5S/c1-11(21)18-13-7-8-20(17(23)19-13)14-9-24-15(26-14)10-25-16(22)12-5-3-2-4-6-12/h2-8,14-15H,9-10H2,1H3,(H,18,19,21,23)/t14-,15-/m1/s1. The molecule has 0 aliphatic carbocycles. The first kappa shape index (κ1) is 18.2. The van der Waals surface area contributed by atoms with E-state index in [1.165, 1.54) is 23.3 Å². The van der Waals surface area contributed by atoms with Gasteiger partial charge in [0.15, 0.2) is 0 Å². The summed E-state index contributed by atoms with van der Waals surface area (Å²) in [5.74, 6) is -0.513. The Morgan fingerprint density at radius 3 is 2.81 bits per heavy atom. The molecule has 136 valence electrons. The van der Waals surface area contributed by atoms with Gasteiger partial charge in [-0.2, -0.15) is 4.98 Å². The van der Waals surface area contributed by atoms with Gasteiger partial charge in [-0.25, -0.2) is 9.59 Å². The van der Waals surface area contributed by atoms with E-state index in [0.717, 1.165) is 0 Å². The van der Waals surface area contributed by atoms with Gasteiger partial charge in [0.25, 0.3) is 0 Å². The lowest BCUT2D eigenvalue weighted by Gasteiger charge is -2.12. The first-order valence-corrected chi connectivity index (χ1v) is 8.83. The fraction of sp³-hybridized carbons (Fsp3) is 0.294. The zero-order valence-corrected chi connectivity index (χ0v) is 14.8. The van der Waals surface area contributed by atoms with E-state index in [0.29, 0.717) is 12.2 Å².